The Kier molecular flexibility index (Phi) is 5.83. The first-order chi connectivity index (χ1) is 16.5. The summed E-state index contributed by atoms with van der Waals surface area (Å²) in [6.07, 6.45) is 0.679. The van der Waals surface area contributed by atoms with Crippen molar-refractivity contribution in [2.45, 2.75) is 11.3 Å². The number of fused-ring (bicyclic) bond motifs is 2. The average Bonchev–Trinajstić information content (AvgIpc) is 3.31. The summed E-state index contributed by atoms with van der Waals surface area (Å²) < 4.78 is 14.0. The molecule has 5 rings (SSSR count). The van der Waals surface area contributed by atoms with E-state index in [9.17, 15) is 18.8 Å². The number of nitrogens with zero attached hydrogens (tertiary/aromatic N) is 2. The average molecular weight is 476 g/mol. The highest BCUT2D eigenvalue weighted by Gasteiger charge is 2.61. The number of amides is 3. The van der Waals surface area contributed by atoms with Crippen LogP contribution < -0.4 is 15.1 Å². The fraction of sp³-hybridized carbons (Fsp3) is 0.192. The van der Waals surface area contributed by atoms with Crippen LogP contribution in [0, 0.1) is 5.82 Å². The van der Waals surface area contributed by atoms with Gasteiger partial charge in [-0.25, -0.2) is 4.39 Å². The number of halogens is 1. The summed E-state index contributed by atoms with van der Waals surface area (Å²) in [5.41, 5.74) is 2.62. The van der Waals surface area contributed by atoms with Gasteiger partial charge in [-0.3, -0.25) is 24.2 Å². The van der Waals surface area contributed by atoms with Gasteiger partial charge in [-0.15, -0.1) is 11.8 Å². The van der Waals surface area contributed by atoms with Gasteiger partial charge in [0.2, 0.25) is 16.7 Å². The first-order valence-corrected chi connectivity index (χ1v) is 11.9. The molecule has 34 heavy (non-hydrogen) atoms. The van der Waals surface area contributed by atoms with Crippen molar-refractivity contribution in [2.75, 3.05) is 28.6 Å². The zero-order valence-corrected chi connectivity index (χ0v) is 19.1. The molecular formula is C26H22FN3O3S. The number of rotatable bonds is 6. The van der Waals surface area contributed by atoms with E-state index in [1.54, 1.807) is 30.3 Å². The van der Waals surface area contributed by atoms with Crippen molar-refractivity contribution in [1.29, 1.82) is 0 Å². The van der Waals surface area contributed by atoms with Crippen molar-refractivity contribution in [3.05, 3.63) is 95.8 Å². The molecule has 3 aromatic carbocycles. The van der Waals surface area contributed by atoms with Gasteiger partial charge < -0.3 is 5.32 Å². The minimum absolute atomic E-state index is 0.0771. The van der Waals surface area contributed by atoms with E-state index in [4.69, 9.17) is 0 Å². The van der Waals surface area contributed by atoms with Crippen molar-refractivity contribution in [3.63, 3.8) is 0 Å². The van der Waals surface area contributed by atoms with Crippen LogP contribution in [-0.2, 0) is 25.7 Å². The first kappa shape index (κ1) is 22.2. The molecule has 0 aliphatic carbocycles. The number of anilines is 2. The van der Waals surface area contributed by atoms with Gasteiger partial charge in [0.1, 0.15) is 12.4 Å². The van der Waals surface area contributed by atoms with Crippen LogP contribution in [0.3, 0.4) is 0 Å². The molecule has 0 unspecified atom stereocenters. The Balaban J connectivity index is 1.41. The van der Waals surface area contributed by atoms with Gasteiger partial charge in [-0.05, 0) is 36.2 Å². The zero-order valence-electron chi connectivity index (χ0n) is 18.2. The number of carbonyl (C=O) groups is 3. The van der Waals surface area contributed by atoms with E-state index in [-0.39, 0.29) is 30.0 Å². The third-order valence-electron chi connectivity index (χ3n) is 6.01. The van der Waals surface area contributed by atoms with Gasteiger partial charge in [0.25, 0.3) is 5.91 Å². The second kappa shape index (κ2) is 8.95. The number of hydrogen-bond donors (Lipinski definition) is 1. The summed E-state index contributed by atoms with van der Waals surface area (Å²) in [5.74, 6) is -1.37. The summed E-state index contributed by atoms with van der Waals surface area (Å²) in [6, 6.07) is 22.6. The van der Waals surface area contributed by atoms with Crippen molar-refractivity contribution in [3.8, 4) is 0 Å². The standard InChI is InChI=1S/C26H22FN3O3S/c27-19-9-6-10-20(15-19)30-24(32)17-34-26(30)21-11-4-5-12-22(21)29(25(26)33)16-23(31)28-14-13-18-7-2-1-3-8-18/h1-12,15H,13-14,16-17H2,(H,28,31)/t26-/m0/s1. The Morgan fingerprint density at radius 1 is 1.00 bits per heavy atom. The number of para-hydroxylation sites is 1. The molecule has 6 nitrogen and oxygen atoms in total. The molecule has 1 fully saturated rings. The third kappa shape index (κ3) is 3.74. The topological polar surface area (TPSA) is 69.7 Å². The number of nitrogens with one attached hydrogen (secondary N) is 1. The Bertz CT molecular complexity index is 1270. The van der Waals surface area contributed by atoms with Gasteiger partial charge >= 0.3 is 0 Å². The maximum atomic E-state index is 14.0. The van der Waals surface area contributed by atoms with E-state index >= 15 is 0 Å². The van der Waals surface area contributed by atoms with Crippen LogP contribution in [0.5, 0.6) is 0 Å². The summed E-state index contributed by atoms with van der Waals surface area (Å²) in [5, 5.41) is 2.88. The molecule has 1 atom stereocenters. The molecule has 0 radical (unpaired) electrons. The number of thioether (sulfide) groups is 1. The lowest BCUT2D eigenvalue weighted by atomic mass is 10.0. The van der Waals surface area contributed by atoms with Gasteiger partial charge in [0.15, 0.2) is 0 Å². The Morgan fingerprint density at radius 3 is 2.56 bits per heavy atom. The summed E-state index contributed by atoms with van der Waals surface area (Å²) >= 11 is 1.20. The number of carbonyl (C=O) groups excluding carboxylic acids is 3. The van der Waals surface area contributed by atoms with E-state index in [1.165, 1.54) is 39.8 Å². The molecule has 2 heterocycles. The zero-order chi connectivity index (χ0) is 23.7. The molecule has 0 aromatic heterocycles. The molecule has 1 saturated heterocycles. The quantitative estimate of drug-likeness (QED) is 0.593. The first-order valence-electron chi connectivity index (χ1n) is 11.0. The van der Waals surface area contributed by atoms with Crippen LogP contribution in [0.4, 0.5) is 15.8 Å². The van der Waals surface area contributed by atoms with Gasteiger partial charge in [0.05, 0.1) is 11.4 Å². The van der Waals surface area contributed by atoms with Gasteiger partial charge in [0, 0.05) is 17.8 Å². The molecule has 1 N–H and O–H groups in total. The van der Waals surface area contributed by atoms with Crippen molar-refractivity contribution >= 4 is 40.9 Å². The molecule has 172 valence electrons. The summed E-state index contributed by atoms with van der Waals surface area (Å²) in [4.78, 5) is 41.0. The van der Waals surface area contributed by atoms with Gasteiger partial charge in [-0.2, -0.15) is 0 Å². The van der Waals surface area contributed by atoms with Crippen LogP contribution in [0.2, 0.25) is 0 Å². The molecular weight excluding hydrogens is 453 g/mol. The van der Waals surface area contributed by atoms with Crippen LogP contribution in [0.1, 0.15) is 11.1 Å². The lowest BCUT2D eigenvalue weighted by molar-refractivity contribution is -0.125. The third-order valence-corrected chi connectivity index (χ3v) is 7.40. The van der Waals surface area contributed by atoms with Crippen molar-refractivity contribution < 1.29 is 18.8 Å². The Labute approximate surface area is 200 Å². The highest BCUT2D eigenvalue weighted by atomic mass is 32.2. The molecule has 3 amide bonds. The maximum Gasteiger partial charge on any atom is 0.269 e. The molecule has 2 aliphatic rings. The smallest absolute Gasteiger partial charge is 0.269 e. The molecule has 0 bridgehead atoms. The monoisotopic (exact) mass is 475 g/mol. The SMILES string of the molecule is O=C(CN1C(=O)[C@@]2(SCC(=O)N2c2cccc(F)c2)c2ccccc21)NCCc1ccccc1. The number of hydrogen-bond acceptors (Lipinski definition) is 4. The van der Waals surface area contributed by atoms with Crippen LogP contribution >= 0.6 is 11.8 Å². The molecule has 0 saturated carbocycles. The van der Waals surface area contributed by atoms with Gasteiger partial charge in [-0.1, -0.05) is 54.6 Å². The van der Waals surface area contributed by atoms with Crippen LogP contribution in [0.15, 0.2) is 78.9 Å². The highest BCUT2D eigenvalue weighted by molar-refractivity contribution is 8.02. The van der Waals surface area contributed by atoms with E-state index in [0.717, 1.165) is 5.56 Å². The minimum Gasteiger partial charge on any atom is -0.354 e. The molecule has 2 aliphatic heterocycles. The predicted octanol–water partition coefficient (Wildman–Crippen LogP) is 3.46. The van der Waals surface area contributed by atoms with E-state index < -0.39 is 10.7 Å². The fourth-order valence-corrected chi connectivity index (χ4v) is 5.88. The minimum atomic E-state index is -1.37. The van der Waals surface area contributed by atoms with Crippen molar-refractivity contribution in [1.82, 2.24) is 5.32 Å². The maximum absolute atomic E-state index is 14.0. The molecule has 3 aromatic rings. The Morgan fingerprint density at radius 2 is 1.76 bits per heavy atom. The molecule has 1 spiro atoms. The highest BCUT2D eigenvalue weighted by Crippen LogP contribution is 2.55. The van der Waals surface area contributed by atoms with E-state index in [0.29, 0.717) is 29.9 Å². The lowest BCUT2D eigenvalue weighted by Gasteiger charge is -2.33. The second-order valence-corrected chi connectivity index (χ2v) is 9.30. The van der Waals surface area contributed by atoms with E-state index in [2.05, 4.69) is 5.32 Å². The lowest BCUT2D eigenvalue weighted by Crippen LogP contribution is -2.51. The summed E-state index contributed by atoms with van der Waals surface area (Å²) in [6.45, 7) is 0.276. The molecule has 8 heteroatoms. The Hall–Kier alpha value is -3.65. The fourth-order valence-electron chi connectivity index (χ4n) is 4.52. The van der Waals surface area contributed by atoms with Crippen LogP contribution in [0.25, 0.3) is 0 Å². The number of benzene rings is 3. The van der Waals surface area contributed by atoms with E-state index in [1.807, 2.05) is 30.3 Å². The second-order valence-electron chi connectivity index (χ2n) is 8.14. The van der Waals surface area contributed by atoms with Crippen molar-refractivity contribution in [2.24, 2.45) is 0 Å². The predicted molar refractivity (Wildman–Crippen MR) is 130 cm³/mol. The van der Waals surface area contributed by atoms with Crippen LogP contribution in [-0.4, -0.2) is 36.6 Å². The normalized spacial score (nSPS) is 19.1. The largest absolute Gasteiger partial charge is 0.354 e. The summed E-state index contributed by atoms with van der Waals surface area (Å²) in [7, 11) is 0.